The largest absolute Gasteiger partial charge is 0.313 e. The van der Waals surface area contributed by atoms with Crippen molar-refractivity contribution in [2.24, 2.45) is 0 Å². The number of benzene rings is 3. The molecule has 1 aliphatic rings. The Morgan fingerprint density at radius 3 is 1.81 bits per heavy atom. The van der Waals surface area contributed by atoms with Gasteiger partial charge in [-0.15, -0.1) is 0 Å². The third-order valence-corrected chi connectivity index (χ3v) is 13.0. The summed E-state index contributed by atoms with van der Waals surface area (Å²) >= 11 is 0. The Kier molecular flexibility index (Phi) is 5.33. The first-order chi connectivity index (χ1) is 13.1. The van der Waals surface area contributed by atoms with Gasteiger partial charge >= 0.3 is 0 Å². The maximum absolute atomic E-state index is 14.4. The molecule has 138 valence electrons. The summed E-state index contributed by atoms with van der Waals surface area (Å²) in [6.45, 7) is 0. The van der Waals surface area contributed by atoms with E-state index in [4.69, 9.17) is 0 Å². The summed E-state index contributed by atoms with van der Waals surface area (Å²) in [5.74, 6) is 0. The minimum absolute atomic E-state index is 0.0890. The van der Waals surface area contributed by atoms with Crippen molar-refractivity contribution < 1.29 is 9.46 Å². The molecule has 0 bridgehead atoms. The topological polar surface area (TPSA) is 37.3 Å². The van der Waals surface area contributed by atoms with Gasteiger partial charge in [-0.1, -0.05) is 78.9 Å². The van der Waals surface area contributed by atoms with Crippen molar-refractivity contribution in [1.82, 2.24) is 0 Å². The third kappa shape index (κ3) is 3.55. The summed E-state index contributed by atoms with van der Waals surface area (Å²) in [6, 6.07) is 29.7. The van der Waals surface area contributed by atoms with Crippen LogP contribution in [-0.2, 0) is 4.57 Å². The van der Waals surface area contributed by atoms with Crippen molar-refractivity contribution in [3.05, 3.63) is 91.0 Å². The molecular weight excluding hydrogens is 370 g/mol. The van der Waals surface area contributed by atoms with E-state index in [0.29, 0.717) is 6.16 Å². The van der Waals surface area contributed by atoms with Crippen molar-refractivity contribution in [3.63, 3.8) is 0 Å². The van der Waals surface area contributed by atoms with E-state index < -0.39 is 14.6 Å². The fraction of sp³-hybridized carbons (Fsp3) is 0.217. The normalized spacial score (nSPS) is 22.6. The maximum Gasteiger partial charge on any atom is 0.177 e. The molecule has 2 nitrogen and oxygen atoms in total. The lowest BCUT2D eigenvalue weighted by atomic mass is 10.3. The number of hydrogen-bond acceptors (Lipinski definition) is 2. The van der Waals surface area contributed by atoms with Crippen molar-refractivity contribution in [1.29, 1.82) is 0 Å². The fourth-order valence-electron chi connectivity index (χ4n) is 4.21. The average Bonchev–Trinajstić information content (AvgIpc) is 3.11. The van der Waals surface area contributed by atoms with Crippen LogP contribution in [0, 0.1) is 0 Å². The van der Waals surface area contributed by atoms with Crippen molar-refractivity contribution >= 4 is 30.5 Å². The summed E-state index contributed by atoms with van der Waals surface area (Å²) in [4.78, 5) is 11.7. The van der Waals surface area contributed by atoms with Crippen LogP contribution in [0.3, 0.4) is 0 Å². The molecule has 4 heteroatoms. The van der Waals surface area contributed by atoms with Crippen LogP contribution in [0.5, 0.6) is 0 Å². The molecule has 0 aliphatic carbocycles. The van der Waals surface area contributed by atoms with Gasteiger partial charge in [0.15, 0.2) is 7.49 Å². The summed E-state index contributed by atoms with van der Waals surface area (Å²) in [5, 5.41) is 2.84. The van der Waals surface area contributed by atoms with Gasteiger partial charge in [-0.25, -0.2) is 4.89 Å². The molecule has 0 spiro atoms. The molecule has 1 heterocycles. The Morgan fingerprint density at radius 1 is 0.815 bits per heavy atom. The van der Waals surface area contributed by atoms with Gasteiger partial charge in [-0.05, 0) is 25.0 Å². The SMILES string of the molecule is O=P(CC1CCC[P+]1(O)c1ccccc1)(c1ccccc1)c1ccccc1. The fourth-order valence-corrected chi connectivity index (χ4v) is 11.8. The molecule has 1 N–H and O–H groups in total. The molecule has 2 atom stereocenters. The Hall–Kier alpha value is -1.72. The van der Waals surface area contributed by atoms with Crippen LogP contribution < -0.4 is 15.9 Å². The highest BCUT2D eigenvalue weighted by molar-refractivity contribution is 7.82. The van der Waals surface area contributed by atoms with Crippen LogP contribution in [0.1, 0.15) is 12.8 Å². The zero-order valence-electron chi connectivity index (χ0n) is 15.3. The van der Waals surface area contributed by atoms with Crippen LogP contribution in [0.2, 0.25) is 0 Å². The highest BCUT2D eigenvalue weighted by Crippen LogP contribution is 2.67. The second-order valence-electron chi connectivity index (χ2n) is 7.28. The molecule has 1 saturated heterocycles. The Balaban J connectivity index is 1.76. The second kappa shape index (κ2) is 7.72. The lowest BCUT2D eigenvalue weighted by molar-refractivity contribution is 0.580. The Labute approximate surface area is 162 Å². The zero-order chi connectivity index (χ0) is 18.7. The van der Waals surface area contributed by atoms with E-state index in [9.17, 15) is 9.46 Å². The van der Waals surface area contributed by atoms with Crippen LogP contribution >= 0.6 is 14.6 Å². The van der Waals surface area contributed by atoms with Crippen molar-refractivity contribution in [2.45, 2.75) is 18.5 Å². The molecule has 2 unspecified atom stereocenters. The summed E-state index contributed by atoms with van der Waals surface area (Å²) in [5.41, 5.74) is 0.0890. The van der Waals surface area contributed by atoms with Crippen molar-refractivity contribution in [3.8, 4) is 0 Å². The first-order valence-corrected chi connectivity index (χ1v) is 13.4. The highest BCUT2D eigenvalue weighted by atomic mass is 31.2. The van der Waals surface area contributed by atoms with E-state index in [1.54, 1.807) is 0 Å². The molecule has 0 radical (unpaired) electrons. The van der Waals surface area contributed by atoms with Crippen LogP contribution in [0.15, 0.2) is 91.0 Å². The first-order valence-electron chi connectivity index (χ1n) is 9.49. The van der Waals surface area contributed by atoms with Gasteiger partial charge < -0.3 is 4.57 Å². The quantitative estimate of drug-likeness (QED) is 0.650. The summed E-state index contributed by atoms with van der Waals surface area (Å²) < 4.78 is 14.4. The van der Waals surface area contributed by atoms with E-state index >= 15 is 0 Å². The van der Waals surface area contributed by atoms with Gasteiger partial charge in [0.05, 0.1) is 6.16 Å². The molecule has 4 rings (SSSR count). The molecule has 3 aromatic rings. The zero-order valence-corrected chi connectivity index (χ0v) is 17.1. The molecule has 0 aromatic heterocycles. The Bertz CT molecular complexity index is 885. The van der Waals surface area contributed by atoms with Gasteiger partial charge in [0.25, 0.3) is 0 Å². The predicted octanol–water partition coefficient (Wildman–Crippen LogP) is 4.41. The van der Waals surface area contributed by atoms with Gasteiger partial charge in [-0.3, -0.25) is 0 Å². The standard InChI is InChI=1S/C23H25O2P2/c24-26(20-11-4-1-5-12-20)18-10-17-23(26)19-27(25,21-13-6-2-7-14-21)22-15-8-3-9-16-22/h1-9,11-16,23-24H,10,17-19H2/q+1. The smallest absolute Gasteiger partial charge is 0.177 e. The minimum atomic E-state index is -2.81. The monoisotopic (exact) mass is 395 g/mol. The predicted molar refractivity (Wildman–Crippen MR) is 118 cm³/mol. The third-order valence-electron chi connectivity index (χ3n) is 5.66. The van der Waals surface area contributed by atoms with Gasteiger partial charge in [0, 0.05) is 16.8 Å². The van der Waals surface area contributed by atoms with Crippen LogP contribution in [-0.4, -0.2) is 22.9 Å². The number of rotatable bonds is 5. The van der Waals surface area contributed by atoms with E-state index in [1.165, 1.54) is 0 Å². The van der Waals surface area contributed by atoms with Crippen LogP contribution in [0.4, 0.5) is 0 Å². The average molecular weight is 395 g/mol. The molecule has 0 amide bonds. The lowest BCUT2D eigenvalue weighted by Gasteiger charge is -2.27. The van der Waals surface area contributed by atoms with E-state index in [2.05, 4.69) is 0 Å². The Morgan fingerprint density at radius 2 is 1.30 bits per heavy atom. The van der Waals surface area contributed by atoms with Gasteiger partial charge in [-0.2, -0.15) is 0 Å². The molecule has 0 saturated carbocycles. The summed E-state index contributed by atoms with van der Waals surface area (Å²) in [7, 11) is -5.10. The first kappa shape index (κ1) is 18.6. The van der Waals surface area contributed by atoms with E-state index in [-0.39, 0.29) is 5.66 Å². The van der Waals surface area contributed by atoms with Gasteiger partial charge in [0.2, 0.25) is 0 Å². The van der Waals surface area contributed by atoms with Crippen LogP contribution in [0.25, 0.3) is 0 Å². The highest BCUT2D eigenvalue weighted by Gasteiger charge is 2.53. The van der Waals surface area contributed by atoms with E-state index in [0.717, 1.165) is 34.9 Å². The molecule has 1 aliphatic heterocycles. The maximum atomic E-state index is 14.4. The molecule has 27 heavy (non-hydrogen) atoms. The van der Waals surface area contributed by atoms with Crippen molar-refractivity contribution in [2.75, 3.05) is 12.3 Å². The van der Waals surface area contributed by atoms with Gasteiger partial charge in [0.1, 0.15) is 18.1 Å². The number of hydrogen-bond donors (Lipinski definition) is 1. The van der Waals surface area contributed by atoms with E-state index in [1.807, 2.05) is 91.0 Å². The molecular formula is C23H25O2P2+. The molecule has 3 aromatic carbocycles. The summed E-state index contributed by atoms with van der Waals surface area (Å²) in [6.07, 6.45) is 3.34. The minimum Gasteiger partial charge on any atom is -0.313 e. The second-order valence-corrected chi connectivity index (χ2v) is 13.5. The lowest BCUT2D eigenvalue weighted by Crippen LogP contribution is -2.28. The molecule has 1 fully saturated rings.